The van der Waals surface area contributed by atoms with Gasteiger partial charge in [0.15, 0.2) is 0 Å². The Hall–Kier alpha value is -1.70. The quantitative estimate of drug-likeness (QED) is 0.287. The minimum atomic E-state index is -1.22. The van der Waals surface area contributed by atoms with Crippen molar-refractivity contribution in [3.8, 4) is 0 Å². The summed E-state index contributed by atoms with van der Waals surface area (Å²) < 4.78 is 16.8. The average Bonchev–Trinajstić information content (AvgIpc) is 3.33. The van der Waals surface area contributed by atoms with Crippen LogP contribution in [-0.2, 0) is 23.8 Å². The van der Waals surface area contributed by atoms with Crippen molar-refractivity contribution >= 4 is 11.9 Å². The minimum Gasteiger partial charge on any atom is -0.478 e. The van der Waals surface area contributed by atoms with E-state index in [1.807, 2.05) is 13.8 Å². The molecule has 0 aromatic heterocycles. The molecule has 7 nitrogen and oxygen atoms in total. The van der Waals surface area contributed by atoms with Gasteiger partial charge in [-0.2, -0.15) is 0 Å². The molecule has 5 atom stereocenters. The molecule has 1 spiro atoms. The van der Waals surface area contributed by atoms with Crippen LogP contribution in [0.25, 0.3) is 0 Å². The molecule has 2 aliphatic rings. The van der Waals surface area contributed by atoms with E-state index in [0.29, 0.717) is 25.9 Å². The van der Waals surface area contributed by atoms with E-state index in [-0.39, 0.29) is 5.92 Å². The zero-order chi connectivity index (χ0) is 20.2. The second kappa shape index (κ2) is 8.54. The lowest BCUT2D eigenvalue weighted by Crippen LogP contribution is -2.58. The van der Waals surface area contributed by atoms with Gasteiger partial charge in [-0.15, -0.1) is 0 Å². The summed E-state index contributed by atoms with van der Waals surface area (Å²) in [5.74, 6) is -2.31. The topological polar surface area (TPSA) is 106 Å². The molecule has 2 fully saturated rings. The molecule has 1 aliphatic carbocycles. The van der Waals surface area contributed by atoms with Crippen LogP contribution in [0.5, 0.6) is 0 Å². The van der Waals surface area contributed by atoms with Crippen LogP contribution in [0, 0.1) is 5.92 Å². The maximum atomic E-state index is 11.9. The molecule has 2 rings (SSSR count). The number of rotatable bonds is 8. The van der Waals surface area contributed by atoms with Crippen molar-refractivity contribution in [2.45, 2.75) is 69.9 Å². The van der Waals surface area contributed by atoms with E-state index in [0.717, 1.165) is 18.6 Å². The summed E-state index contributed by atoms with van der Waals surface area (Å²) in [5.41, 5.74) is -0.327. The predicted octanol–water partition coefficient (Wildman–Crippen LogP) is 2.23. The van der Waals surface area contributed by atoms with Gasteiger partial charge in [-0.25, -0.2) is 9.59 Å². The van der Waals surface area contributed by atoms with Crippen LogP contribution in [0.15, 0.2) is 23.8 Å². The number of aliphatic carboxylic acids is 1. The third kappa shape index (κ3) is 5.40. The van der Waals surface area contributed by atoms with E-state index in [1.165, 1.54) is 12.7 Å². The van der Waals surface area contributed by atoms with E-state index >= 15 is 0 Å². The van der Waals surface area contributed by atoms with E-state index in [4.69, 9.17) is 19.3 Å². The van der Waals surface area contributed by atoms with Crippen LogP contribution in [0.2, 0.25) is 0 Å². The lowest BCUT2D eigenvalue weighted by atomic mass is 9.66. The van der Waals surface area contributed by atoms with Gasteiger partial charge in [0.1, 0.15) is 12.2 Å². The Bertz CT molecular complexity index is 612. The molecule has 2 N–H and O–H groups in total. The highest BCUT2D eigenvalue weighted by atomic mass is 16.6. The standard InChI is InChI=1S/C20H30O7/c1-13(2)6-5-10-19(3,24)18-17(25-4)14(9-11-20(18)12-26-20)27-16(23)8-7-15(21)22/h6-8,14,17-18,24H,5,9-12H2,1-4H3,(H,21,22)/b8-7+/t14-,17-,18-,19?,20+/m1/s1. The molecule has 1 heterocycles. The number of carbonyl (C=O) groups is 2. The number of aliphatic hydroxyl groups is 1. The Morgan fingerprint density at radius 3 is 2.52 bits per heavy atom. The summed E-state index contributed by atoms with van der Waals surface area (Å²) in [6.45, 7) is 6.36. The Morgan fingerprint density at radius 2 is 2.00 bits per heavy atom. The minimum absolute atomic E-state index is 0.351. The first-order valence-electron chi connectivity index (χ1n) is 9.25. The molecule has 27 heavy (non-hydrogen) atoms. The second-order valence-corrected chi connectivity index (χ2v) is 7.89. The maximum absolute atomic E-state index is 11.9. The number of hydrogen-bond acceptors (Lipinski definition) is 6. The first kappa shape index (κ1) is 21.6. The third-order valence-electron chi connectivity index (χ3n) is 5.40. The third-order valence-corrected chi connectivity index (χ3v) is 5.40. The Morgan fingerprint density at radius 1 is 1.33 bits per heavy atom. The van der Waals surface area contributed by atoms with E-state index < -0.39 is 35.3 Å². The van der Waals surface area contributed by atoms with Gasteiger partial charge in [-0.3, -0.25) is 0 Å². The van der Waals surface area contributed by atoms with Gasteiger partial charge in [0.05, 0.1) is 17.8 Å². The highest BCUT2D eigenvalue weighted by Crippen LogP contribution is 2.52. The number of methoxy groups -OCH3 is 1. The van der Waals surface area contributed by atoms with Crippen LogP contribution in [0.1, 0.15) is 46.5 Å². The summed E-state index contributed by atoms with van der Waals surface area (Å²) in [7, 11) is 1.53. The Balaban J connectivity index is 2.16. The zero-order valence-corrected chi connectivity index (χ0v) is 16.4. The van der Waals surface area contributed by atoms with Gasteiger partial charge >= 0.3 is 11.9 Å². The summed E-state index contributed by atoms with van der Waals surface area (Å²) in [6, 6.07) is 0. The predicted molar refractivity (Wildman–Crippen MR) is 98.1 cm³/mol. The molecule has 0 aromatic carbocycles. The summed E-state index contributed by atoms with van der Waals surface area (Å²) in [4.78, 5) is 22.5. The molecule has 1 aliphatic heterocycles. The fourth-order valence-electron chi connectivity index (χ4n) is 4.11. The highest BCUT2D eigenvalue weighted by molar-refractivity contribution is 5.90. The molecule has 7 heteroatoms. The van der Waals surface area contributed by atoms with Crippen LogP contribution in [0.4, 0.5) is 0 Å². The van der Waals surface area contributed by atoms with Crippen molar-refractivity contribution in [2.24, 2.45) is 5.92 Å². The first-order chi connectivity index (χ1) is 12.6. The van der Waals surface area contributed by atoms with Crippen LogP contribution in [0.3, 0.4) is 0 Å². The molecule has 0 bridgehead atoms. The summed E-state index contributed by atoms with van der Waals surface area (Å²) in [6.07, 6.45) is 5.04. The van der Waals surface area contributed by atoms with Crippen molar-refractivity contribution in [1.29, 1.82) is 0 Å². The van der Waals surface area contributed by atoms with E-state index in [1.54, 1.807) is 6.92 Å². The van der Waals surface area contributed by atoms with Crippen LogP contribution >= 0.6 is 0 Å². The molecule has 0 amide bonds. The number of carboxylic acid groups (broad SMARTS) is 1. The Kier molecular flexibility index (Phi) is 6.83. The van der Waals surface area contributed by atoms with Crippen LogP contribution < -0.4 is 0 Å². The molecular weight excluding hydrogens is 352 g/mol. The lowest BCUT2D eigenvalue weighted by molar-refractivity contribution is -0.185. The number of epoxide rings is 1. The van der Waals surface area contributed by atoms with E-state index in [2.05, 4.69) is 6.08 Å². The fourth-order valence-corrected chi connectivity index (χ4v) is 4.11. The number of carboxylic acids is 1. The smallest absolute Gasteiger partial charge is 0.331 e. The maximum Gasteiger partial charge on any atom is 0.331 e. The second-order valence-electron chi connectivity index (χ2n) is 7.89. The van der Waals surface area contributed by atoms with Crippen molar-refractivity contribution < 1.29 is 34.0 Å². The number of allylic oxidation sites excluding steroid dienone is 2. The molecule has 1 saturated heterocycles. The molecule has 1 unspecified atom stereocenters. The monoisotopic (exact) mass is 382 g/mol. The molecule has 152 valence electrons. The van der Waals surface area contributed by atoms with Gasteiger partial charge in [0.2, 0.25) is 0 Å². The number of carbonyl (C=O) groups excluding carboxylic acids is 1. The van der Waals surface area contributed by atoms with Gasteiger partial charge in [-0.1, -0.05) is 11.6 Å². The largest absolute Gasteiger partial charge is 0.478 e. The van der Waals surface area contributed by atoms with Gasteiger partial charge < -0.3 is 24.4 Å². The van der Waals surface area contributed by atoms with E-state index in [9.17, 15) is 14.7 Å². The SMILES string of the molecule is CO[C@H]1[C@H](C(C)(O)CCC=C(C)C)[C@]2(CC[C@H]1OC(=O)/C=C/C(=O)O)CO2. The lowest BCUT2D eigenvalue weighted by Gasteiger charge is -2.47. The Labute approximate surface area is 160 Å². The average molecular weight is 382 g/mol. The number of esters is 1. The summed E-state index contributed by atoms with van der Waals surface area (Å²) in [5, 5.41) is 19.9. The van der Waals surface area contributed by atoms with Gasteiger partial charge in [0.25, 0.3) is 0 Å². The van der Waals surface area contributed by atoms with Gasteiger partial charge in [-0.05, 0) is 46.5 Å². The van der Waals surface area contributed by atoms with Crippen molar-refractivity contribution in [2.75, 3.05) is 13.7 Å². The highest BCUT2D eigenvalue weighted by Gasteiger charge is 2.64. The molecule has 1 saturated carbocycles. The normalized spacial score (nSPS) is 32.1. The van der Waals surface area contributed by atoms with Crippen molar-refractivity contribution in [3.05, 3.63) is 23.8 Å². The van der Waals surface area contributed by atoms with Gasteiger partial charge in [0, 0.05) is 25.2 Å². The summed E-state index contributed by atoms with van der Waals surface area (Å²) >= 11 is 0. The molecule has 0 radical (unpaired) electrons. The van der Waals surface area contributed by atoms with Crippen molar-refractivity contribution in [1.82, 2.24) is 0 Å². The number of hydrogen-bond donors (Lipinski definition) is 2. The zero-order valence-electron chi connectivity index (χ0n) is 16.4. The first-order valence-corrected chi connectivity index (χ1v) is 9.25. The molecular formula is C20H30O7. The molecule has 0 aromatic rings. The number of ether oxygens (including phenoxy) is 3. The van der Waals surface area contributed by atoms with Crippen molar-refractivity contribution in [3.63, 3.8) is 0 Å². The van der Waals surface area contributed by atoms with Crippen LogP contribution in [-0.4, -0.2) is 59.3 Å². The fraction of sp³-hybridized carbons (Fsp3) is 0.700.